The van der Waals surface area contributed by atoms with Crippen LogP contribution in [0.3, 0.4) is 0 Å². The van der Waals surface area contributed by atoms with Crippen LogP contribution in [0, 0.1) is 12.6 Å². The smallest absolute Gasteiger partial charge is 0.508 e. The number of hydrogen-bond donors (Lipinski definition) is 3. The Morgan fingerprint density at radius 2 is 1.92 bits per heavy atom. The topological polar surface area (TPSA) is 109 Å². The van der Waals surface area contributed by atoms with Gasteiger partial charge in [0.1, 0.15) is 0 Å². The van der Waals surface area contributed by atoms with Crippen molar-refractivity contribution in [2.45, 2.75) is 5.66 Å². The minimum atomic E-state index is -1.59. The van der Waals surface area contributed by atoms with E-state index in [-0.39, 0.29) is 37.7 Å². The molecule has 1 saturated heterocycles. The number of hydrogen-bond acceptors (Lipinski definition) is 6. The van der Waals surface area contributed by atoms with Crippen molar-refractivity contribution in [2.75, 3.05) is 13.2 Å². The summed E-state index contributed by atoms with van der Waals surface area (Å²) in [5, 5.41) is 17.6. The summed E-state index contributed by atoms with van der Waals surface area (Å²) in [6, 6.07) is 0. The molecule has 7 nitrogen and oxygen atoms in total. The number of carbonyl (C=O) groups is 1. The van der Waals surface area contributed by atoms with Crippen molar-refractivity contribution < 1.29 is 41.8 Å². The third-order valence-electron chi connectivity index (χ3n) is 1.32. The van der Waals surface area contributed by atoms with Crippen LogP contribution in [0.1, 0.15) is 0 Å². The molecule has 1 radical (unpaired) electrons. The molecule has 79 valence electrons. The fraction of sp³-hybridized carbons (Fsp3) is 0.600. The standard InChI is InChI=1S/C4H8N2O5.CH3.Mn/c5-4(6(8)9)1-10-3(7)11-2-4;;/h6,8H,1-2,5H2;1H3;/q;-1;. The van der Waals surface area contributed by atoms with Crippen LogP contribution in [0.25, 0.3) is 0 Å². The van der Waals surface area contributed by atoms with Crippen LogP contribution in [0.2, 0.25) is 0 Å². The van der Waals surface area contributed by atoms with E-state index in [1.165, 1.54) is 0 Å². The summed E-state index contributed by atoms with van der Waals surface area (Å²) in [6.07, 6.45) is -0.882. The third-order valence-corrected chi connectivity index (χ3v) is 1.32. The minimum absolute atomic E-state index is 0. The second-order valence-electron chi connectivity index (χ2n) is 2.29. The normalized spacial score (nSPS) is 21.3. The minimum Gasteiger partial charge on any atom is -0.598 e. The molecule has 0 aliphatic carbocycles. The van der Waals surface area contributed by atoms with E-state index in [1.54, 1.807) is 0 Å². The van der Waals surface area contributed by atoms with Crippen molar-refractivity contribution in [3.8, 4) is 0 Å². The Bertz CT molecular complexity index is 166. The van der Waals surface area contributed by atoms with Crippen molar-refractivity contribution in [1.29, 1.82) is 0 Å². The van der Waals surface area contributed by atoms with E-state index < -0.39 is 17.0 Å². The second kappa shape index (κ2) is 5.38. The van der Waals surface area contributed by atoms with Gasteiger partial charge in [-0.05, 0) is 0 Å². The average molecular weight is 234 g/mol. The van der Waals surface area contributed by atoms with Crippen LogP contribution in [-0.2, 0) is 26.5 Å². The van der Waals surface area contributed by atoms with E-state index in [2.05, 4.69) is 9.47 Å². The zero-order chi connectivity index (χ0) is 8.48. The maximum atomic E-state index is 10.4. The number of rotatable bonds is 1. The fourth-order valence-electron chi connectivity index (χ4n) is 0.582. The van der Waals surface area contributed by atoms with E-state index >= 15 is 0 Å². The van der Waals surface area contributed by atoms with Crippen LogP contribution < -0.4 is 11.0 Å². The number of quaternary nitrogens is 1. The Morgan fingerprint density at radius 3 is 2.23 bits per heavy atom. The molecule has 0 amide bonds. The first-order valence-electron chi connectivity index (χ1n) is 2.86. The van der Waals surface area contributed by atoms with Gasteiger partial charge in [-0.25, -0.2) is 15.2 Å². The monoisotopic (exact) mass is 234 g/mol. The number of carbonyl (C=O) groups excluding carboxylic acids is 1. The van der Waals surface area contributed by atoms with Crippen molar-refractivity contribution in [3.63, 3.8) is 0 Å². The molecule has 0 saturated carbocycles. The predicted molar refractivity (Wildman–Crippen MR) is 36.7 cm³/mol. The molecule has 1 rings (SSSR count). The van der Waals surface area contributed by atoms with E-state index in [4.69, 9.17) is 10.9 Å². The molecule has 0 aromatic rings. The van der Waals surface area contributed by atoms with Gasteiger partial charge in [0.2, 0.25) is 5.66 Å². The summed E-state index contributed by atoms with van der Waals surface area (Å²) in [5.41, 5.74) is 3.67. The SMILES string of the molecule is NC1([NH+]([O-])O)COC(=O)OC1.[CH3-].[Mn]. The van der Waals surface area contributed by atoms with E-state index in [1.807, 2.05) is 0 Å². The predicted octanol–water partition coefficient (Wildman–Crippen LogP) is -1.97. The molecule has 1 aliphatic heterocycles. The van der Waals surface area contributed by atoms with Crippen LogP contribution in [0.15, 0.2) is 0 Å². The van der Waals surface area contributed by atoms with Gasteiger partial charge in [-0.3, -0.25) is 5.73 Å². The molecule has 8 heteroatoms. The van der Waals surface area contributed by atoms with Crippen molar-refractivity contribution in [1.82, 2.24) is 0 Å². The van der Waals surface area contributed by atoms with Crippen molar-refractivity contribution in [3.05, 3.63) is 12.6 Å². The second-order valence-corrected chi connectivity index (χ2v) is 2.29. The number of hydroxylamine groups is 2. The Hall–Kier alpha value is -0.371. The molecule has 1 fully saturated rings. The Kier molecular flexibility index (Phi) is 6.26. The van der Waals surface area contributed by atoms with Gasteiger partial charge in [0.25, 0.3) is 0 Å². The maximum absolute atomic E-state index is 10.4. The zero-order valence-corrected chi connectivity index (χ0v) is 8.13. The molecule has 1 heterocycles. The van der Waals surface area contributed by atoms with Crippen molar-refractivity contribution >= 4 is 6.16 Å². The maximum Gasteiger partial charge on any atom is 0.508 e. The van der Waals surface area contributed by atoms with Gasteiger partial charge in [0, 0.05) is 17.1 Å². The first-order chi connectivity index (χ1) is 5.04. The van der Waals surface area contributed by atoms with Crippen LogP contribution in [0.4, 0.5) is 4.79 Å². The first-order valence-corrected chi connectivity index (χ1v) is 2.86. The largest absolute Gasteiger partial charge is 0.598 e. The molecule has 0 bridgehead atoms. The molecular weight excluding hydrogens is 223 g/mol. The number of ether oxygens (including phenoxy) is 2. The van der Waals surface area contributed by atoms with E-state index in [9.17, 15) is 10.0 Å². The molecule has 4 N–H and O–H groups in total. The Morgan fingerprint density at radius 1 is 1.54 bits per heavy atom. The summed E-state index contributed by atoms with van der Waals surface area (Å²) in [5.74, 6) is 0. The van der Waals surface area contributed by atoms with E-state index in [0.717, 1.165) is 0 Å². The van der Waals surface area contributed by atoms with Gasteiger partial charge < -0.3 is 22.1 Å². The first kappa shape index (κ1) is 15.1. The van der Waals surface area contributed by atoms with Gasteiger partial charge in [-0.15, -0.1) is 0 Å². The van der Waals surface area contributed by atoms with Crippen LogP contribution in [0.5, 0.6) is 0 Å². The molecule has 1 unspecified atom stereocenters. The average Bonchev–Trinajstić information content (AvgIpc) is 1.95. The number of cyclic esters (lactones) is 2. The van der Waals surface area contributed by atoms with Crippen LogP contribution >= 0.6 is 0 Å². The van der Waals surface area contributed by atoms with Gasteiger partial charge in [-0.2, -0.15) is 0 Å². The fourth-order valence-corrected chi connectivity index (χ4v) is 0.582. The molecule has 13 heavy (non-hydrogen) atoms. The molecular formula is C5H11MnN2O5-. The van der Waals surface area contributed by atoms with Gasteiger partial charge >= 0.3 is 6.16 Å². The van der Waals surface area contributed by atoms with Crippen molar-refractivity contribution in [2.24, 2.45) is 5.73 Å². The quantitative estimate of drug-likeness (QED) is 0.159. The van der Waals surface area contributed by atoms with Gasteiger partial charge in [0.15, 0.2) is 13.2 Å². The Balaban J connectivity index is 0. The molecule has 0 aromatic carbocycles. The zero-order valence-electron chi connectivity index (χ0n) is 6.95. The summed E-state index contributed by atoms with van der Waals surface area (Å²) < 4.78 is 8.58. The summed E-state index contributed by atoms with van der Waals surface area (Å²) in [6.45, 7) is -0.692. The molecule has 0 aromatic heterocycles. The van der Waals surface area contributed by atoms with Gasteiger partial charge in [-0.1, -0.05) is 0 Å². The summed E-state index contributed by atoms with van der Waals surface area (Å²) in [7, 11) is 0. The third kappa shape index (κ3) is 3.47. The summed E-state index contributed by atoms with van der Waals surface area (Å²) >= 11 is 0. The summed E-state index contributed by atoms with van der Waals surface area (Å²) in [4.78, 5) is 10.3. The molecule has 1 aliphatic rings. The molecule has 0 spiro atoms. The van der Waals surface area contributed by atoms with Gasteiger partial charge in [0.05, 0.1) is 0 Å². The Labute approximate surface area is 85.8 Å². The van der Waals surface area contributed by atoms with E-state index in [0.29, 0.717) is 0 Å². The van der Waals surface area contributed by atoms with Crippen LogP contribution in [-0.4, -0.2) is 30.2 Å². The number of nitrogens with two attached hydrogens (primary N) is 1. The molecule has 1 atom stereocenters. The number of nitrogens with one attached hydrogen (secondary N) is 1.